The fraction of sp³-hybridized carbons (Fsp3) is 0.111. The molecule has 0 bridgehead atoms. The summed E-state index contributed by atoms with van der Waals surface area (Å²) >= 11 is 0. The van der Waals surface area contributed by atoms with Gasteiger partial charge in [-0.1, -0.05) is 6.07 Å². The van der Waals surface area contributed by atoms with E-state index in [9.17, 15) is 9.59 Å². The molecular formula is C18H18N6O2. The first kappa shape index (κ1) is 17.2. The Morgan fingerprint density at radius 3 is 2.27 bits per heavy atom. The number of carbonyl (C=O) groups excluding carboxylic acids is 2. The van der Waals surface area contributed by atoms with Crippen molar-refractivity contribution in [2.24, 2.45) is 0 Å². The van der Waals surface area contributed by atoms with Gasteiger partial charge < -0.3 is 4.90 Å². The topological polar surface area (TPSA) is 92.2 Å². The highest BCUT2D eigenvalue weighted by Crippen LogP contribution is 2.13. The van der Waals surface area contributed by atoms with Gasteiger partial charge in [-0.3, -0.25) is 20.4 Å². The van der Waals surface area contributed by atoms with Crippen LogP contribution in [0, 0.1) is 0 Å². The average molecular weight is 350 g/mol. The van der Waals surface area contributed by atoms with E-state index >= 15 is 0 Å². The van der Waals surface area contributed by atoms with E-state index in [4.69, 9.17) is 0 Å². The number of rotatable bonds is 4. The van der Waals surface area contributed by atoms with E-state index in [2.05, 4.69) is 20.9 Å². The number of benzene rings is 2. The molecule has 3 rings (SSSR count). The third kappa shape index (κ3) is 3.86. The molecule has 0 atom stereocenters. The van der Waals surface area contributed by atoms with Gasteiger partial charge in [0.1, 0.15) is 12.7 Å². The molecule has 26 heavy (non-hydrogen) atoms. The molecule has 3 aromatic rings. The van der Waals surface area contributed by atoms with Crippen LogP contribution < -0.4 is 15.8 Å². The van der Waals surface area contributed by atoms with Crippen LogP contribution in [0.15, 0.2) is 61.2 Å². The van der Waals surface area contributed by atoms with Crippen LogP contribution in [0.1, 0.15) is 20.7 Å². The van der Waals surface area contributed by atoms with Crippen molar-refractivity contribution in [2.45, 2.75) is 0 Å². The highest BCUT2D eigenvalue weighted by atomic mass is 16.2. The molecule has 2 aromatic carbocycles. The largest absolute Gasteiger partial charge is 0.378 e. The van der Waals surface area contributed by atoms with Gasteiger partial charge in [0.25, 0.3) is 11.8 Å². The number of aromatic nitrogens is 3. The molecule has 8 heteroatoms. The van der Waals surface area contributed by atoms with Gasteiger partial charge in [-0.25, -0.2) is 9.67 Å². The van der Waals surface area contributed by atoms with E-state index in [-0.39, 0.29) is 5.91 Å². The zero-order valence-corrected chi connectivity index (χ0v) is 14.4. The predicted molar refractivity (Wildman–Crippen MR) is 97.1 cm³/mol. The molecule has 2 amide bonds. The first-order valence-corrected chi connectivity index (χ1v) is 7.88. The van der Waals surface area contributed by atoms with Crippen molar-refractivity contribution in [1.29, 1.82) is 0 Å². The monoisotopic (exact) mass is 350 g/mol. The summed E-state index contributed by atoms with van der Waals surface area (Å²) in [6.45, 7) is 0. The number of hydrogen-bond donors (Lipinski definition) is 2. The quantitative estimate of drug-likeness (QED) is 0.694. The number of hydrogen-bond acceptors (Lipinski definition) is 5. The lowest BCUT2D eigenvalue weighted by atomic mass is 10.2. The number of amides is 2. The minimum absolute atomic E-state index is 0.388. The molecule has 0 aliphatic heterocycles. The lowest BCUT2D eigenvalue weighted by Gasteiger charge is -2.13. The standard InChI is InChI=1S/C18H18N6O2/c1-23(2)16-5-3-4-14(10-16)18(26)22-21-17(25)13-6-8-15(9-7-13)24-12-19-11-20-24/h3-12H,1-2H3,(H,21,25)(H,22,26). The number of nitrogens with zero attached hydrogens (tertiary/aromatic N) is 4. The van der Waals surface area contributed by atoms with Crippen molar-refractivity contribution >= 4 is 17.5 Å². The number of hydrazine groups is 1. The third-order valence-corrected chi connectivity index (χ3v) is 3.73. The first-order chi connectivity index (χ1) is 12.5. The molecule has 132 valence electrons. The molecule has 0 spiro atoms. The molecule has 0 radical (unpaired) electrons. The molecule has 0 saturated heterocycles. The summed E-state index contributed by atoms with van der Waals surface area (Å²) in [4.78, 5) is 30.2. The average Bonchev–Trinajstić information content (AvgIpc) is 3.21. The van der Waals surface area contributed by atoms with Crippen molar-refractivity contribution in [3.63, 3.8) is 0 Å². The summed E-state index contributed by atoms with van der Waals surface area (Å²) < 4.78 is 1.58. The molecule has 0 aliphatic rings. The summed E-state index contributed by atoms with van der Waals surface area (Å²) in [5.41, 5.74) is 7.38. The van der Waals surface area contributed by atoms with E-state index in [0.29, 0.717) is 11.1 Å². The van der Waals surface area contributed by atoms with E-state index in [0.717, 1.165) is 11.4 Å². The molecule has 2 N–H and O–H groups in total. The van der Waals surface area contributed by atoms with Gasteiger partial charge in [0.15, 0.2) is 0 Å². The van der Waals surface area contributed by atoms with Crippen molar-refractivity contribution in [2.75, 3.05) is 19.0 Å². The van der Waals surface area contributed by atoms with Crippen LogP contribution in [0.25, 0.3) is 5.69 Å². The lowest BCUT2D eigenvalue weighted by molar-refractivity contribution is 0.0846. The Bertz CT molecular complexity index is 904. The number of nitrogens with one attached hydrogen (secondary N) is 2. The summed E-state index contributed by atoms with van der Waals surface area (Å²) in [6, 6.07) is 13.9. The van der Waals surface area contributed by atoms with E-state index in [1.165, 1.54) is 6.33 Å². The molecular weight excluding hydrogens is 332 g/mol. The van der Waals surface area contributed by atoms with Gasteiger partial charge in [-0.2, -0.15) is 5.10 Å². The molecule has 0 aliphatic carbocycles. The Balaban J connectivity index is 1.61. The lowest BCUT2D eigenvalue weighted by Crippen LogP contribution is -2.41. The zero-order valence-electron chi connectivity index (χ0n) is 14.4. The fourth-order valence-electron chi connectivity index (χ4n) is 2.29. The van der Waals surface area contributed by atoms with Gasteiger partial charge >= 0.3 is 0 Å². The van der Waals surface area contributed by atoms with E-state index in [1.54, 1.807) is 53.5 Å². The maximum absolute atomic E-state index is 12.2. The second-order valence-corrected chi connectivity index (χ2v) is 5.74. The van der Waals surface area contributed by atoms with Gasteiger partial charge in [-0.05, 0) is 42.5 Å². The van der Waals surface area contributed by atoms with Crippen LogP contribution in [0.5, 0.6) is 0 Å². The highest BCUT2D eigenvalue weighted by molar-refractivity contribution is 5.99. The Morgan fingerprint density at radius 2 is 1.65 bits per heavy atom. The third-order valence-electron chi connectivity index (χ3n) is 3.73. The Kier molecular flexibility index (Phi) is 4.93. The second-order valence-electron chi connectivity index (χ2n) is 5.74. The van der Waals surface area contributed by atoms with Gasteiger partial charge in [0.2, 0.25) is 0 Å². The number of anilines is 1. The Labute approximate surface area is 150 Å². The highest BCUT2D eigenvalue weighted by Gasteiger charge is 2.10. The first-order valence-electron chi connectivity index (χ1n) is 7.88. The molecule has 1 heterocycles. The zero-order chi connectivity index (χ0) is 18.5. The van der Waals surface area contributed by atoms with Crippen molar-refractivity contribution in [1.82, 2.24) is 25.6 Å². The van der Waals surface area contributed by atoms with Crippen molar-refractivity contribution in [3.05, 3.63) is 72.3 Å². The summed E-state index contributed by atoms with van der Waals surface area (Å²) in [5.74, 6) is -0.798. The maximum Gasteiger partial charge on any atom is 0.269 e. The molecule has 0 unspecified atom stereocenters. The Morgan fingerprint density at radius 1 is 0.962 bits per heavy atom. The molecule has 8 nitrogen and oxygen atoms in total. The molecule has 0 saturated carbocycles. The van der Waals surface area contributed by atoms with Crippen molar-refractivity contribution < 1.29 is 9.59 Å². The van der Waals surface area contributed by atoms with E-state index < -0.39 is 5.91 Å². The predicted octanol–water partition coefficient (Wildman–Crippen LogP) is 1.41. The van der Waals surface area contributed by atoms with Gasteiger partial charge in [0, 0.05) is 30.9 Å². The van der Waals surface area contributed by atoms with Crippen molar-refractivity contribution in [3.8, 4) is 5.69 Å². The van der Waals surface area contributed by atoms with Crippen LogP contribution in [-0.4, -0.2) is 40.7 Å². The Hall–Kier alpha value is -3.68. The molecule has 0 fully saturated rings. The normalized spacial score (nSPS) is 10.2. The van der Waals surface area contributed by atoms with Crippen LogP contribution >= 0.6 is 0 Å². The van der Waals surface area contributed by atoms with Crippen LogP contribution in [-0.2, 0) is 0 Å². The van der Waals surface area contributed by atoms with Crippen LogP contribution in [0.2, 0.25) is 0 Å². The SMILES string of the molecule is CN(C)c1cccc(C(=O)NNC(=O)c2ccc(-n3cncn3)cc2)c1. The van der Waals surface area contributed by atoms with Gasteiger partial charge in [-0.15, -0.1) is 0 Å². The fourth-order valence-corrected chi connectivity index (χ4v) is 2.29. The van der Waals surface area contributed by atoms with Crippen LogP contribution in [0.3, 0.4) is 0 Å². The minimum Gasteiger partial charge on any atom is -0.378 e. The van der Waals surface area contributed by atoms with Crippen LogP contribution in [0.4, 0.5) is 5.69 Å². The summed E-state index contributed by atoms with van der Waals surface area (Å²) in [6.07, 6.45) is 3.00. The maximum atomic E-state index is 12.2. The smallest absolute Gasteiger partial charge is 0.269 e. The van der Waals surface area contributed by atoms with E-state index in [1.807, 2.05) is 25.1 Å². The second kappa shape index (κ2) is 7.47. The summed E-state index contributed by atoms with van der Waals surface area (Å²) in [5, 5.41) is 4.02. The molecule has 1 aromatic heterocycles. The minimum atomic E-state index is -0.410. The summed E-state index contributed by atoms with van der Waals surface area (Å²) in [7, 11) is 3.78. The van der Waals surface area contributed by atoms with Gasteiger partial charge in [0.05, 0.1) is 5.69 Å². The number of carbonyl (C=O) groups is 2.